The third-order valence-electron chi connectivity index (χ3n) is 5.68. The minimum Gasteiger partial charge on any atom is -0.461 e. The van der Waals surface area contributed by atoms with Gasteiger partial charge in [-0.1, -0.05) is 66.4 Å². The van der Waals surface area contributed by atoms with E-state index in [2.05, 4.69) is 45.8 Å². The lowest BCUT2D eigenvalue weighted by Crippen LogP contribution is -2.32. The van der Waals surface area contributed by atoms with E-state index in [0.29, 0.717) is 23.3 Å². The van der Waals surface area contributed by atoms with E-state index in [9.17, 15) is 4.79 Å². The Hall–Kier alpha value is -3.32. The van der Waals surface area contributed by atoms with Gasteiger partial charge in [-0.25, -0.2) is 0 Å². The smallest absolute Gasteiger partial charge is 0.230 e. The quantitative estimate of drug-likeness (QED) is 0.412. The molecule has 0 aliphatic heterocycles. The molecule has 1 aliphatic carbocycles. The molecule has 2 heterocycles. The van der Waals surface area contributed by atoms with Gasteiger partial charge in [0.05, 0.1) is 24.6 Å². The first kappa shape index (κ1) is 20.6. The maximum Gasteiger partial charge on any atom is 0.230 e. The monoisotopic (exact) mass is 444 g/mol. The van der Waals surface area contributed by atoms with Gasteiger partial charge in [-0.15, -0.1) is 10.2 Å². The van der Waals surface area contributed by atoms with Crippen LogP contribution in [0.25, 0.3) is 11.6 Å². The van der Waals surface area contributed by atoms with Crippen molar-refractivity contribution in [3.8, 4) is 11.6 Å². The number of hydrogen-bond acceptors (Lipinski definition) is 5. The topological polar surface area (TPSA) is 73.0 Å². The number of rotatable bonds is 7. The molecule has 1 N–H and O–H groups in total. The summed E-state index contributed by atoms with van der Waals surface area (Å²) in [5.74, 6) is 1.60. The summed E-state index contributed by atoms with van der Waals surface area (Å²) in [6, 6.07) is 22.3. The van der Waals surface area contributed by atoms with Crippen LogP contribution in [0, 0.1) is 0 Å². The van der Waals surface area contributed by atoms with Crippen molar-refractivity contribution in [2.75, 3.05) is 5.75 Å². The van der Waals surface area contributed by atoms with Crippen LogP contribution in [0.15, 0.2) is 82.6 Å². The van der Waals surface area contributed by atoms with Gasteiger partial charge in [0, 0.05) is 0 Å². The molecule has 1 atom stereocenters. The van der Waals surface area contributed by atoms with Crippen LogP contribution in [0.4, 0.5) is 0 Å². The van der Waals surface area contributed by atoms with E-state index in [4.69, 9.17) is 4.42 Å². The standard InChI is InChI=1S/C25H24N4O2S/c30-23(26-21-13-6-11-19-10-4-5-12-20(19)21)17-32-25-28-27-24(22-14-7-15-31-22)29(25)16-18-8-2-1-3-9-18/h1-5,7-10,12,14-15,21H,6,11,13,16-17H2,(H,26,30). The number of nitrogens with zero attached hydrogens (tertiary/aromatic N) is 3. The summed E-state index contributed by atoms with van der Waals surface area (Å²) in [7, 11) is 0. The summed E-state index contributed by atoms with van der Waals surface area (Å²) >= 11 is 1.40. The van der Waals surface area contributed by atoms with Crippen molar-refractivity contribution in [1.82, 2.24) is 20.1 Å². The van der Waals surface area contributed by atoms with Crippen LogP contribution in [-0.2, 0) is 17.8 Å². The van der Waals surface area contributed by atoms with Gasteiger partial charge < -0.3 is 9.73 Å². The molecule has 7 heteroatoms. The summed E-state index contributed by atoms with van der Waals surface area (Å²) in [4.78, 5) is 12.8. The summed E-state index contributed by atoms with van der Waals surface area (Å²) in [5.41, 5.74) is 3.71. The molecular weight excluding hydrogens is 420 g/mol. The second kappa shape index (κ2) is 9.44. The SMILES string of the molecule is O=C(CSc1nnc(-c2ccco2)n1Cc1ccccc1)NC1CCCc2ccccc21. The Labute approximate surface area is 191 Å². The molecule has 0 saturated heterocycles. The molecule has 4 aromatic rings. The van der Waals surface area contributed by atoms with Gasteiger partial charge in [0.15, 0.2) is 10.9 Å². The molecule has 2 aromatic heterocycles. The van der Waals surface area contributed by atoms with Crippen molar-refractivity contribution in [1.29, 1.82) is 0 Å². The zero-order valence-corrected chi connectivity index (χ0v) is 18.4. The fourth-order valence-electron chi connectivity index (χ4n) is 4.16. The van der Waals surface area contributed by atoms with Crippen molar-refractivity contribution >= 4 is 17.7 Å². The lowest BCUT2D eigenvalue weighted by Gasteiger charge is -2.26. The number of benzene rings is 2. The summed E-state index contributed by atoms with van der Waals surface area (Å²) in [5, 5.41) is 12.6. The molecule has 5 rings (SSSR count). The number of amides is 1. The largest absolute Gasteiger partial charge is 0.461 e. The van der Waals surface area contributed by atoms with Crippen LogP contribution < -0.4 is 5.32 Å². The Morgan fingerprint density at radius 2 is 1.91 bits per heavy atom. The first-order valence-electron chi connectivity index (χ1n) is 10.8. The molecule has 162 valence electrons. The molecule has 0 radical (unpaired) electrons. The van der Waals surface area contributed by atoms with Crippen molar-refractivity contribution in [3.63, 3.8) is 0 Å². The number of fused-ring (bicyclic) bond motifs is 1. The minimum absolute atomic E-state index is 0.00510. The van der Waals surface area contributed by atoms with E-state index in [1.807, 2.05) is 41.0 Å². The summed E-state index contributed by atoms with van der Waals surface area (Å²) in [6.07, 6.45) is 4.77. The van der Waals surface area contributed by atoms with E-state index in [-0.39, 0.29) is 17.7 Å². The molecular formula is C25H24N4O2S. The molecule has 1 unspecified atom stereocenters. The van der Waals surface area contributed by atoms with Crippen LogP contribution >= 0.6 is 11.8 Å². The highest BCUT2D eigenvalue weighted by molar-refractivity contribution is 7.99. The Bertz CT molecular complexity index is 1190. The molecule has 1 amide bonds. The number of nitrogens with one attached hydrogen (secondary N) is 1. The summed E-state index contributed by atoms with van der Waals surface area (Å²) < 4.78 is 7.56. The van der Waals surface area contributed by atoms with E-state index in [1.54, 1.807) is 6.26 Å². The second-order valence-corrected chi connectivity index (χ2v) is 8.80. The zero-order chi connectivity index (χ0) is 21.8. The molecule has 0 fully saturated rings. The van der Waals surface area contributed by atoms with Crippen molar-refractivity contribution in [2.45, 2.75) is 37.0 Å². The molecule has 6 nitrogen and oxygen atoms in total. The van der Waals surface area contributed by atoms with Crippen LogP contribution in [-0.4, -0.2) is 26.4 Å². The average molecular weight is 445 g/mol. The molecule has 2 aromatic carbocycles. The van der Waals surface area contributed by atoms with E-state index in [1.165, 1.54) is 22.9 Å². The third-order valence-corrected chi connectivity index (χ3v) is 6.65. The van der Waals surface area contributed by atoms with Crippen molar-refractivity contribution in [2.24, 2.45) is 0 Å². The maximum absolute atomic E-state index is 12.8. The van der Waals surface area contributed by atoms with E-state index >= 15 is 0 Å². The first-order valence-corrected chi connectivity index (χ1v) is 11.8. The summed E-state index contributed by atoms with van der Waals surface area (Å²) in [6.45, 7) is 0.601. The molecule has 0 spiro atoms. The zero-order valence-electron chi connectivity index (χ0n) is 17.6. The van der Waals surface area contributed by atoms with Crippen molar-refractivity contribution in [3.05, 3.63) is 89.7 Å². The van der Waals surface area contributed by atoms with Gasteiger partial charge in [0.2, 0.25) is 11.7 Å². The number of carbonyl (C=O) groups is 1. The maximum atomic E-state index is 12.8. The number of hydrogen-bond donors (Lipinski definition) is 1. The Morgan fingerprint density at radius 1 is 1.06 bits per heavy atom. The number of furan rings is 1. The van der Waals surface area contributed by atoms with Crippen molar-refractivity contribution < 1.29 is 9.21 Å². The fourth-order valence-corrected chi connectivity index (χ4v) is 4.91. The van der Waals surface area contributed by atoms with E-state index in [0.717, 1.165) is 24.8 Å². The highest BCUT2D eigenvalue weighted by Gasteiger charge is 2.22. The number of thioether (sulfide) groups is 1. The van der Waals surface area contributed by atoms with E-state index < -0.39 is 0 Å². The minimum atomic E-state index is 0.00510. The predicted octanol–water partition coefficient (Wildman–Crippen LogP) is 4.87. The Kier molecular flexibility index (Phi) is 6.07. The average Bonchev–Trinajstić information content (AvgIpc) is 3.49. The normalized spacial score (nSPS) is 15.3. The lowest BCUT2D eigenvalue weighted by molar-refractivity contribution is -0.119. The lowest BCUT2D eigenvalue weighted by atomic mass is 9.88. The Balaban J connectivity index is 1.31. The number of carbonyl (C=O) groups excluding carboxylic acids is 1. The Morgan fingerprint density at radius 3 is 2.75 bits per heavy atom. The highest BCUT2D eigenvalue weighted by Crippen LogP contribution is 2.30. The van der Waals surface area contributed by atoms with Gasteiger partial charge >= 0.3 is 0 Å². The van der Waals surface area contributed by atoms with Crippen LogP contribution in [0.1, 0.15) is 35.6 Å². The number of aryl methyl sites for hydroxylation is 1. The number of aromatic nitrogens is 3. The van der Waals surface area contributed by atoms with Crippen LogP contribution in [0.5, 0.6) is 0 Å². The molecule has 32 heavy (non-hydrogen) atoms. The van der Waals surface area contributed by atoms with Gasteiger partial charge in [-0.3, -0.25) is 9.36 Å². The fraction of sp³-hybridized carbons (Fsp3) is 0.240. The van der Waals surface area contributed by atoms with Gasteiger partial charge in [0.1, 0.15) is 0 Å². The van der Waals surface area contributed by atoms with Gasteiger partial charge in [-0.05, 0) is 48.1 Å². The second-order valence-electron chi connectivity index (χ2n) is 7.86. The van der Waals surface area contributed by atoms with Crippen LogP contribution in [0.3, 0.4) is 0 Å². The molecule has 0 saturated carbocycles. The van der Waals surface area contributed by atoms with Gasteiger partial charge in [0.25, 0.3) is 0 Å². The molecule has 0 bridgehead atoms. The molecule has 1 aliphatic rings. The van der Waals surface area contributed by atoms with Crippen LogP contribution in [0.2, 0.25) is 0 Å². The first-order chi connectivity index (χ1) is 15.8. The highest BCUT2D eigenvalue weighted by atomic mass is 32.2. The predicted molar refractivity (Wildman–Crippen MR) is 124 cm³/mol. The van der Waals surface area contributed by atoms with Gasteiger partial charge in [-0.2, -0.15) is 0 Å². The third kappa shape index (κ3) is 4.48.